The van der Waals surface area contributed by atoms with E-state index in [1.165, 1.54) is 12.1 Å². The summed E-state index contributed by atoms with van der Waals surface area (Å²) in [4.78, 5) is 4.52. The quantitative estimate of drug-likeness (QED) is 0.874. The van der Waals surface area contributed by atoms with Gasteiger partial charge in [-0.25, -0.2) is 12.8 Å². The van der Waals surface area contributed by atoms with Crippen molar-refractivity contribution in [3.05, 3.63) is 41.8 Å². The predicted molar refractivity (Wildman–Crippen MR) is 97.9 cm³/mol. The molecule has 1 aromatic carbocycles. The first-order valence-electron chi connectivity index (χ1n) is 8.93. The van der Waals surface area contributed by atoms with Gasteiger partial charge in [-0.05, 0) is 18.7 Å². The second kappa shape index (κ2) is 6.75. The molecule has 2 fully saturated rings. The van der Waals surface area contributed by atoms with Gasteiger partial charge < -0.3 is 0 Å². The highest BCUT2D eigenvalue weighted by Crippen LogP contribution is 2.30. The van der Waals surface area contributed by atoms with Gasteiger partial charge >= 0.3 is 0 Å². The zero-order valence-corrected chi connectivity index (χ0v) is 15.5. The average molecular weight is 378 g/mol. The van der Waals surface area contributed by atoms with Gasteiger partial charge in [0, 0.05) is 42.8 Å². The molecule has 0 aliphatic carbocycles. The van der Waals surface area contributed by atoms with Crippen molar-refractivity contribution in [3.63, 3.8) is 0 Å². The lowest BCUT2D eigenvalue weighted by Crippen LogP contribution is -2.58. The molecule has 8 heteroatoms. The number of aromatic amines is 1. The SMILES string of the molecule is CCN1CCN(Cc2cn[nH]c2-c2cccc(F)c2)C2CS(=O)(=O)CC21. The van der Waals surface area contributed by atoms with Crippen LogP contribution >= 0.6 is 0 Å². The number of fused-ring (bicyclic) bond motifs is 1. The van der Waals surface area contributed by atoms with Gasteiger partial charge in [0.25, 0.3) is 0 Å². The van der Waals surface area contributed by atoms with E-state index in [9.17, 15) is 12.8 Å². The Bertz CT molecular complexity index is 898. The van der Waals surface area contributed by atoms with Gasteiger partial charge in [0.2, 0.25) is 0 Å². The van der Waals surface area contributed by atoms with E-state index in [-0.39, 0.29) is 29.4 Å². The maximum atomic E-state index is 13.6. The highest BCUT2D eigenvalue weighted by atomic mass is 32.2. The highest BCUT2D eigenvalue weighted by molar-refractivity contribution is 7.91. The number of sulfone groups is 1. The zero-order chi connectivity index (χ0) is 18.3. The van der Waals surface area contributed by atoms with Crippen LogP contribution < -0.4 is 0 Å². The largest absolute Gasteiger partial charge is 0.297 e. The van der Waals surface area contributed by atoms with E-state index in [1.807, 2.05) is 6.07 Å². The summed E-state index contributed by atoms with van der Waals surface area (Å²) in [5, 5.41) is 7.10. The Morgan fingerprint density at radius 2 is 1.96 bits per heavy atom. The van der Waals surface area contributed by atoms with Crippen LogP contribution in [0, 0.1) is 5.82 Å². The smallest absolute Gasteiger partial charge is 0.153 e. The van der Waals surface area contributed by atoms with E-state index >= 15 is 0 Å². The average Bonchev–Trinajstić information content (AvgIpc) is 3.18. The summed E-state index contributed by atoms with van der Waals surface area (Å²) >= 11 is 0. The van der Waals surface area contributed by atoms with Gasteiger partial charge in [-0.3, -0.25) is 14.9 Å². The molecule has 0 spiro atoms. The molecule has 3 heterocycles. The number of hydrogen-bond donors (Lipinski definition) is 1. The molecule has 0 bridgehead atoms. The second-order valence-electron chi connectivity index (χ2n) is 7.09. The fourth-order valence-electron chi connectivity index (χ4n) is 4.23. The van der Waals surface area contributed by atoms with E-state index in [4.69, 9.17) is 0 Å². The fourth-order valence-corrected chi connectivity index (χ4v) is 6.27. The van der Waals surface area contributed by atoms with E-state index in [0.717, 1.165) is 36.5 Å². The number of piperazine rings is 1. The molecule has 1 N–H and O–H groups in total. The van der Waals surface area contributed by atoms with E-state index in [1.54, 1.807) is 12.3 Å². The van der Waals surface area contributed by atoms with Crippen molar-refractivity contribution >= 4 is 9.84 Å². The van der Waals surface area contributed by atoms with Crippen molar-refractivity contribution in [2.45, 2.75) is 25.6 Å². The molecule has 2 saturated heterocycles. The lowest BCUT2D eigenvalue weighted by atomic mass is 10.0. The van der Waals surface area contributed by atoms with Gasteiger partial charge in [0.15, 0.2) is 9.84 Å². The Morgan fingerprint density at radius 3 is 2.69 bits per heavy atom. The van der Waals surface area contributed by atoms with E-state index < -0.39 is 9.84 Å². The molecule has 2 aliphatic heterocycles. The minimum atomic E-state index is -3.01. The Balaban J connectivity index is 1.59. The summed E-state index contributed by atoms with van der Waals surface area (Å²) in [6.45, 7) is 5.23. The summed E-state index contributed by atoms with van der Waals surface area (Å²) in [5.74, 6) is 0.160. The standard InChI is InChI=1S/C18H23FN4O2S/c1-2-22-6-7-23(17-12-26(24,25)11-16(17)22)10-14-9-20-21-18(14)13-4-3-5-15(19)8-13/h3-5,8-9,16-17H,2,6-7,10-12H2,1H3,(H,20,21). The summed E-state index contributed by atoms with van der Waals surface area (Å²) in [6, 6.07) is 6.48. The van der Waals surface area contributed by atoms with Crippen LogP contribution in [-0.2, 0) is 16.4 Å². The predicted octanol–water partition coefficient (Wildman–Crippen LogP) is 1.52. The van der Waals surface area contributed by atoms with Gasteiger partial charge in [-0.1, -0.05) is 19.1 Å². The Labute approximate surface area is 152 Å². The first kappa shape index (κ1) is 17.6. The Morgan fingerprint density at radius 1 is 1.23 bits per heavy atom. The van der Waals surface area contributed by atoms with Crippen LogP contribution in [0.1, 0.15) is 12.5 Å². The number of nitrogens with zero attached hydrogens (tertiary/aromatic N) is 3. The van der Waals surface area contributed by atoms with Crippen LogP contribution in [-0.4, -0.2) is 71.6 Å². The van der Waals surface area contributed by atoms with Crippen LogP contribution in [0.15, 0.2) is 30.5 Å². The molecule has 0 saturated carbocycles. The lowest BCUT2D eigenvalue weighted by Gasteiger charge is -2.43. The summed E-state index contributed by atoms with van der Waals surface area (Å²) in [5.41, 5.74) is 2.50. The molecular weight excluding hydrogens is 355 g/mol. The molecule has 2 atom stereocenters. The van der Waals surface area contributed by atoms with Crippen molar-refractivity contribution in [1.29, 1.82) is 0 Å². The maximum absolute atomic E-state index is 13.6. The van der Waals surface area contributed by atoms with Crippen LogP contribution in [0.5, 0.6) is 0 Å². The Hall–Kier alpha value is -1.77. The first-order valence-corrected chi connectivity index (χ1v) is 10.8. The number of H-pyrrole nitrogens is 1. The number of hydrogen-bond acceptors (Lipinski definition) is 5. The highest BCUT2D eigenvalue weighted by Gasteiger charge is 2.46. The molecule has 1 aromatic heterocycles. The normalized spacial score (nSPS) is 26.1. The van der Waals surface area contributed by atoms with Gasteiger partial charge in [-0.15, -0.1) is 0 Å². The van der Waals surface area contributed by atoms with Crippen LogP contribution in [0.4, 0.5) is 4.39 Å². The summed E-state index contributed by atoms with van der Waals surface area (Å²) in [7, 11) is -3.01. The van der Waals surface area contributed by atoms with Crippen molar-refractivity contribution in [2.24, 2.45) is 0 Å². The fraction of sp³-hybridized carbons (Fsp3) is 0.500. The van der Waals surface area contributed by atoms with Gasteiger partial charge in [0.1, 0.15) is 5.82 Å². The van der Waals surface area contributed by atoms with Crippen molar-refractivity contribution < 1.29 is 12.8 Å². The number of benzene rings is 1. The van der Waals surface area contributed by atoms with Crippen molar-refractivity contribution in [1.82, 2.24) is 20.0 Å². The minimum absolute atomic E-state index is 0.00367. The summed E-state index contributed by atoms with van der Waals surface area (Å²) in [6.07, 6.45) is 1.75. The lowest BCUT2D eigenvalue weighted by molar-refractivity contribution is 0.0440. The van der Waals surface area contributed by atoms with Crippen molar-refractivity contribution in [3.8, 4) is 11.3 Å². The van der Waals surface area contributed by atoms with Gasteiger partial charge in [0.05, 0.1) is 23.4 Å². The Kier molecular flexibility index (Phi) is 4.58. The summed E-state index contributed by atoms with van der Waals surface area (Å²) < 4.78 is 38.0. The monoisotopic (exact) mass is 378 g/mol. The minimum Gasteiger partial charge on any atom is -0.297 e. The molecule has 0 amide bonds. The molecular formula is C18H23FN4O2S. The van der Waals surface area contributed by atoms with Gasteiger partial charge in [-0.2, -0.15) is 5.10 Å². The van der Waals surface area contributed by atoms with Crippen LogP contribution in [0.25, 0.3) is 11.3 Å². The molecule has 140 valence electrons. The van der Waals surface area contributed by atoms with E-state index in [2.05, 4.69) is 26.9 Å². The molecule has 2 unspecified atom stereocenters. The van der Waals surface area contributed by atoms with E-state index in [0.29, 0.717) is 6.54 Å². The molecule has 0 radical (unpaired) electrons. The van der Waals surface area contributed by atoms with Crippen LogP contribution in [0.2, 0.25) is 0 Å². The third kappa shape index (κ3) is 3.28. The van der Waals surface area contributed by atoms with Crippen LogP contribution in [0.3, 0.4) is 0 Å². The number of aromatic nitrogens is 2. The number of halogens is 1. The molecule has 2 aromatic rings. The third-order valence-electron chi connectivity index (χ3n) is 5.52. The topological polar surface area (TPSA) is 69.3 Å². The molecule has 6 nitrogen and oxygen atoms in total. The third-order valence-corrected chi connectivity index (χ3v) is 7.22. The maximum Gasteiger partial charge on any atom is 0.153 e. The number of nitrogens with one attached hydrogen (secondary N) is 1. The second-order valence-corrected chi connectivity index (χ2v) is 9.25. The number of likely N-dealkylation sites (N-methyl/N-ethyl adjacent to an activating group) is 1. The molecule has 26 heavy (non-hydrogen) atoms. The zero-order valence-electron chi connectivity index (χ0n) is 14.7. The number of rotatable bonds is 4. The molecule has 2 aliphatic rings. The molecule has 4 rings (SSSR count). The van der Waals surface area contributed by atoms with Crippen molar-refractivity contribution in [2.75, 3.05) is 31.1 Å². The first-order chi connectivity index (χ1) is 12.5.